The highest BCUT2D eigenvalue weighted by Gasteiger charge is 2.30. The molecular weight excluding hydrogens is 432 g/mol. The Kier molecular flexibility index (Phi) is 5.24. The monoisotopic (exact) mass is 456 g/mol. The molecule has 2 aromatic carbocycles. The van der Waals surface area contributed by atoms with E-state index >= 15 is 0 Å². The number of fused-ring (bicyclic) bond motifs is 1. The lowest BCUT2D eigenvalue weighted by molar-refractivity contribution is -0.117. The van der Waals surface area contributed by atoms with Gasteiger partial charge < -0.3 is 11.1 Å². The summed E-state index contributed by atoms with van der Waals surface area (Å²) in [5.41, 5.74) is 9.95. The maximum Gasteiger partial charge on any atom is 0.293 e. The van der Waals surface area contributed by atoms with Crippen LogP contribution in [0.3, 0.4) is 0 Å². The summed E-state index contributed by atoms with van der Waals surface area (Å²) in [6.07, 6.45) is 3.68. The molecule has 0 bridgehead atoms. The number of carbonyl (C=O) groups is 2. The number of nitrogens with zero attached hydrogens (tertiary/aromatic N) is 4. The quantitative estimate of drug-likeness (QED) is 0.462. The molecular formula is C25H24N6O3. The molecule has 4 aromatic rings. The van der Waals surface area contributed by atoms with Crippen LogP contribution in [0.1, 0.15) is 45.9 Å². The Hall–Kier alpha value is -4.27. The van der Waals surface area contributed by atoms with Crippen LogP contribution in [0.4, 0.5) is 5.69 Å². The Morgan fingerprint density at radius 2 is 1.82 bits per heavy atom. The summed E-state index contributed by atoms with van der Waals surface area (Å²) in [6, 6.07) is 12.1. The van der Waals surface area contributed by atoms with E-state index < -0.39 is 11.8 Å². The number of nitrogens with one attached hydrogen (secondary N) is 1. The minimum Gasteiger partial charge on any atom is -0.366 e. The highest BCUT2D eigenvalue weighted by atomic mass is 16.2. The van der Waals surface area contributed by atoms with Crippen molar-refractivity contribution in [3.63, 3.8) is 0 Å². The molecule has 1 saturated carbocycles. The van der Waals surface area contributed by atoms with Crippen LogP contribution in [-0.2, 0) is 11.3 Å². The van der Waals surface area contributed by atoms with Gasteiger partial charge in [0.25, 0.3) is 5.56 Å². The molecule has 1 aliphatic carbocycles. The van der Waals surface area contributed by atoms with Gasteiger partial charge in [0.1, 0.15) is 12.1 Å². The van der Waals surface area contributed by atoms with E-state index in [0.29, 0.717) is 16.8 Å². The zero-order valence-corrected chi connectivity index (χ0v) is 18.9. The van der Waals surface area contributed by atoms with Gasteiger partial charge in [-0.2, -0.15) is 10.2 Å². The summed E-state index contributed by atoms with van der Waals surface area (Å²) in [5.74, 6) is -0.689. The van der Waals surface area contributed by atoms with Crippen LogP contribution in [0.2, 0.25) is 0 Å². The van der Waals surface area contributed by atoms with Gasteiger partial charge in [-0.05, 0) is 74.2 Å². The van der Waals surface area contributed by atoms with Crippen LogP contribution in [-0.4, -0.2) is 31.4 Å². The molecule has 172 valence electrons. The van der Waals surface area contributed by atoms with Crippen molar-refractivity contribution in [2.24, 2.45) is 5.73 Å². The Morgan fingerprint density at radius 1 is 1.09 bits per heavy atom. The summed E-state index contributed by atoms with van der Waals surface area (Å²) < 4.78 is 2.84. The smallest absolute Gasteiger partial charge is 0.293 e. The molecule has 2 aromatic heterocycles. The minimum absolute atomic E-state index is 0.246. The predicted octanol–water partition coefficient (Wildman–Crippen LogP) is 2.81. The number of rotatable bonds is 6. The van der Waals surface area contributed by atoms with Crippen LogP contribution in [0.25, 0.3) is 16.6 Å². The fourth-order valence-corrected chi connectivity index (χ4v) is 3.97. The lowest BCUT2D eigenvalue weighted by Gasteiger charge is -2.11. The van der Waals surface area contributed by atoms with Crippen molar-refractivity contribution in [2.75, 3.05) is 5.32 Å². The number of aryl methyl sites for hydroxylation is 2. The second kappa shape index (κ2) is 8.26. The molecule has 1 aliphatic rings. The molecule has 0 saturated heterocycles. The number of carbonyl (C=O) groups excluding carboxylic acids is 2. The first-order valence-electron chi connectivity index (χ1n) is 11.1. The molecule has 3 N–H and O–H groups in total. The first kappa shape index (κ1) is 21.6. The Labute approximate surface area is 195 Å². The van der Waals surface area contributed by atoms with E-state index in [4.69, 9.17) is 5.73 Å². The van der Waals surface area contributed by atoms with Crippen LogP contribution in [0.5, 0.6) is 0 Å². The topological polar surface area (TPSA) is 125 Å². The van der Waals surface area contributed by atoms with Gasteiger partial charge in [0.05, 0.1) is 17.6 Å². The second-order valence-electron chi connectivity index (χ2n) is 8.70. The molecule has 0 aliphatic heterocycles. The number of hydrogen-bond acceptors (Lipinski definition) is 5. The third-order valence-electron chi connectivity index (χ3n) is 6.16. The van der Waals surface area contributed by atoms with Crippen molar-refractivity contribution in [3.05, 3.63) is 81.4 Å². The summed E-state index contributed by atoms with van der Waals surface area (Å²) in [5, 5.41) is 12.5. The van der Waals surface area contributed by atoms with Crippen molar-refractivity contribution >= 4 is 28.4 Å². The number of anilines is 1. The number of primary amides is 1. The van der Waals surface area contributed by atoms with Crippen molar-refractivity contribution in [2.45, 2.75) is 39.2 Å². The van der Waals surface area contributed by atoms with Crippen molar-refractivity contribution in [1.29, 1.82) is 0 Å². The van der Waals surface area contributed by atoms with Crippen molar-refractivity contribution in [1.82, 2.24) is 19.6 Å². The molecule has 5 rings (SSSR count). The maximum atomic E-state index is 13.4. The number of benzene rings is 2. The number of amides is 2. The summed E-state index contributed by atoms with van der Waals surface area (Å²) in [7, 11) is 0. The van der Waals surface area contributed by atoms with Crippen molar-refractivity contribution < 1.29 is 9.59 Å². The predicted molar refractivity (Wildman–Crippen MR) is 128 cm³/mol. The van der Waals surface area contributed by atoms with Gasteiger partial charge in [0, 0.05) is 22.6 Å². The number of nitrogens with two attached hydrogens (primary N) is 1. The summed E-state index contributed by atoms with van der Waals surface area (Å²) >= 11 is 0. The fraction of sp³-hybridized carbons (Fsp3) is 0.240. The van der Waals surface area contributed by atoms with Gasteiger partial charge in [-0.25, -0.2) is 9.36 Å². The standard InChI is InChI=1S/C25H24N6O3/c1-14-3-10-19(11-15(14)2)31-23-20(12-27-31)22(16-4-5-16)29-30(25(23)34)13-21(32)28-18-8-6-17(7-9-18)24(26)33/h3,6-12,16H,4-5,13H2,1-2H3,(H2,26,33)(H,28,32). The summed E-state index contributed by atoms with van der Waals surface area (Å²) in [4.78, 5) is 37.4. The van der Waals surface area contributed by atoms with E-state index in [-0.39, 0.29) is 18.0 Å². The van der Waals surface area contributed by atoms with E-state index in [9.17, 15) is 14.4 Å². The molecule has 1 fully saturated rings. The molecule has 0 atom stereocenters. The third-order valence-corrected chi connectivity index (χ3v) is 6.16. The van der Waals surface area contributed by atoms with E-state index in [1.165, 1.54) is 16.8 Å². The van der Waals surface area contributed by atoms with Gasteiger partial charge in [-0.15, -0.1) is 0 Å². The zero-order chi connectivity index (χ0) is 24.0. The van der Waals surface area contributed by atoms with Gasteiger partial charge in [0.2, 0.25) is 11.8 Å². The van der Waals surface area contributed by atoms with E-state index in [0.717, 1.165) is 40.7 Å². The Balaban J connectivity index is 1.51. The lowest BCUT2D eigenvalue weighted by atomic mass is 10.1. The molecule has 34 heavy (non-hydrogen) atoms. The van der Waals surface area contributed by atoms with E-state index in [2.05, 4.69) is 15.5 Å². The molecule has 0 spiro atoms. The maximum absolute atomic E-state index is 13.4. The Morgan fingerprint density at radius 3 is 2.47 bits per heavy atom. The zero-order valence-electron chi connectivity index (χ0n) is 18.9. The number of hydrogen-bond donors (Lipinski definition) is 2. The van der Waals surface area contributed by atoms with Crippen LogP contribution in [0.15, 0.2) is 53.5 Å². The van der Waals surface area contributed by atoms with Gasteiger partial charge in [0.15, 0.2) is 0 Å². The lowest BCUT2D eigenvalue weighted by Crippen LogP contribution is -2.31. The molecule has 9 nitrogen and oxygen atoms in total. The number of aromatic nitrogens is 4. The highest BCUT2D eigenvalue weighted by Crippen LogP contribution is 2.41. The third kappa shape index (κ3) is 3.96. The largest absolute Gasteiger partial charge is 0.366 e. The SMILES string of the molecule is Cc1ccc(-n2ncc3c(C4CC4)nn(CC(=O)Nc4ccc(C(N)=O)cc4)c(=O)c32)cc1C. The second-order valence-corrected chi connectivity index (χ2v) is 8.70. The highest BCUT2D eigenvalue weighted by molar-refractivity contribution is 5.94. The molecule has 2 amide bonds. The first-order chi connectivity index (χ1) is 16.3. The molecule has 2 heterocycles. The first-order valence-corrected chi connectivity index (χ1v) is 11.1. The van der Waals surface area contributed by atoms with E-state index in [1.54, 1.807) is 23.0 Å². The average Bonchev–Trinajstić information content (AvgIpc) is 3.55. The van der Waals surface area contributed by atoms with Crippen molar-refractivity contribution in [3.8, 4) is 5.69 Å². The molecule has 0 unspecified atom stereocenters. The van der Waals surface area contributed by atoms with Crippen LogP contribution in [0, 0.1) is 13.8 Å². The fourth-order valence-electron chi connectivity index (χ4n) is 3.97. The van der Waals surface area contributed by atoms with E-state index in [1.807, 2.05) is 32.0 Å². The van der Waals surface area contributed by atoms with Gasteiger partial charge in [-0.3, -0.25) is 14.4 Å². The summed E-state index contributed by atoms with van der Waals surface area (Å²) in [6.45, 7) is 3.80. The average molecular weight is 457 g/mol. The molecule has 9 heteroatoms. The normalized spacial score (nSPS) is 13.2. The van der Waals surface area contributed by atoms with Crippen LogP contribution >= 0.6 is 0 Å². The van der Waals surface area contributed by atoms with Crippen LogP contribution < -0.4 is 16.6 Å². The molecule has 0 radical (unpaired) electrons. The minimum atomic E-state index is -0.546. The Bertz CT molecular complexity index is 1500. The van der Waals surface area contributed by atoms with Gasteiger partial charge >= 0.3 is 0 Å². The van der Waals surface area contributed by atoms with Gasteiger partial charge in [-0.1, -0.05) is 6.07 Å².